The van der Waals surface area contributed by atoms with Crippen molar-refractivity contribution in [1.29, 1.82) is 0 Å². The highest BCUT2D eigenvalue weighted by atomic mass is 16.5. The van der Waals surface area contributed by atoms with Gasteiger partial charge in [0.1, 0.15) is 0 Å². The van der Waals surface area contributed by atoms with Crippen LogP contribution >= 0.6 is 0 Å². The van der Waals surface area contributed by atoms with Crippen LogP contribution in [0.1, 0.15) is 35.3 Å². The summed E-state index contributed by atoms with van der Waals surface area (Å²) in [5, 5.41) is 0. The van der Waals surface area contributed by atoms with Crippen molar-refractivity contribution >= 4 is 17.6 Å². The van der Waals surface area contributed by atoms with Crippen molar-refractivity contribution < 1.29 is 14.3 Å². The number of nitrogens with zero attached hydrogens (tertiary/aromatic N) is 2. The summed E-state index contributed by atoms with van der Waals surface area (Å²) < 4.78 is 4.73. The van der Waals surface area contributed by atoms with E-state index in [1.54, 1.807) is 12.1 Å². The van der Waals surface area contributed by atoms with Crippen LogP contribution in [-0.4, -0.2) is 43.0 Å². The highest BCUT2D eigenvalue weighted by Crippen LogP contribution is 2.25. The number of hydrogen-bond acceptors (Lipinski definition) is 4. The zero-order valence-corrected chi connectivity index (χ0v) is 16.1. The topological polar surface area (TPSA) is 49.9 Å². The first kappa shape index (κ1) is 19.1. The third-order valence-corrected chi connectivity index (χ3v) is 5.21. The summed E-state index contributed by atoms with van der Waals surface area (Å²) in [6.45, 7) is 6.24. The molecule has 5 heteroatoms. The van der Waals surface area contributed by atoms with E-state index in [2.05, 4.69) is 17.9 Å². The number of carbonyl (C=O) groups is 2. The Morgan fingerprint density at radius 2 is 1.81 bits per heavy atom. The largest absolute Gasteiger partial charge is 0.465 e. The van der Waals surface area contributed by atoms with E-state index in [0.29, 0.717) is 18.7 Å². The van der Waals surface area contributed by atoms with E-state index in [1.807, 2.05) is 42.2 Å². The lowest BCUT2D eigenvalue weighted by atomic mass is 10.1. The van der Waals surface area contributed by atoms with Gasteiger partial charge in [-0.2, -0.15) is 0 Å². The molecule has 1 atom stereocenters. The number of piperazine rings is 1. The maximum absolute atomic E-state index is 13.0. The zero-order chi connectivity index (χ0) is 19.4. The molecule has 0 bridgehead atoms. The van der Waals surface area contributed by atoms with E-state index in [0.717, 1.165) is 24.2 Å². The number of aryl methyl sites for hydroxylation is 1. The van der Waals surface area contributed by atoms with Gasteiger partial charge in [0.2, 0.25) is 5.91 Å². The fraction of sp³-hybridized carbons (Fsp3) is 0.364. The van der Waals surface area contributed by atoms with Crippen LogP contribution in [-0.2, 0) is 22.5 Å². The van der Waals surface area contributed by atoms with Gasteiger partial charge in [0.25, 0.3) is 0 Å². The third kappa shape index (κ3) is 4.03. The lowest BCUT2D eigenvalue weighted by molar-refractivity contribution is -0.125. The molecule has 0 N–H and O–H groups in total. The van der Waals surface area contributed by atoms with Gasteiger partial charge in [-0.05, 0) is 42.7 Å². The Hall–Kier alpha value is -2.66. The summed E-state index contributed by atoms with van der Waals surface area (Å²) in [6, 6.07) is 15.3. The Morgan fingerprint density at radius 3 is 2.48 bits per heavy atom. The second-order valence-electron chi connectivity index (χ2n) is 6.81. The molecule has 1 heterocycles. The highest BCUT2D eigenvalue weighted by molar-refractivity contribution is 5.98. The van der Waals surface area contributed by atoms with Crippen molar-refractivity contribution in [3.63, 3.8) is 0 Å². The summed E-state index contributed by atoms with van der Waals surface area (Å²) in [4.78, 5) is 28.6. The number of benzene rings is 2. The first-order valence-corrected chi connectivity index (χ1v) is 9.35. The lowest BCUT2D eigenvalue weighted by Gasteiger charge is -2.39. The second-order valence-corrected chi connectivity index (χ2v) is 6.81. The molecule has 142 valence electrons. The van der Waals surface area contributed by atoms with Crippen LogP contribution in [0.3, 0.4) is 0 Å². The molecular weight excluding hydrogens is 340 g/mol. The minimum absolute atomic E-state index is 0.133. The van der Waals surface area contributed by atoms with Crippen LogP contribution in [0.15, 0.2) is 48.5 Å². The Morgan fingerprint density at radius 1 is 1.11 bits per heavy atom. The Labute approximate surface area is 160 Å². The number of methoxy groups -OCH3 is 1. The normalized spacial score (nSPS) is 17.8. The number of amides is 1. The molecule has 1 amide bonds. The molecular formula is C22H26N2O3. The Bertz CT molecular complexity index is 817. The summed E-state index contributed by atoms with van der Waals surface area (Å²) in [6.07, 6.45) is 0.907. The fourth-order valence-corrected chi connectivity index (χ4v) is 3.54. The molecule has 3 rings (SSSR count). The smallest absolute Gasteiger partial charge is 0.337 e. The number of ether oxygens (including phenoxy) is 1. The maximum atomic E-state index is 13.0. The number of hydrogen-bond donors (Lipinski definition) is 0. The molecule has 0 spiro atoms. The van der Waals surface area contributed by atoms with Crippen LogP contribution in [0.25, 0.3) is 0 Å². The van der Waals surface area contributed by atoms with Gasteiger partial charge < -0.3 is 9.64 Å². The molecule has 0 aliphatic carbocycles. The first-order chi connectivity index (χ1) is 13.0. The second kappa shape index (κ2) is 8.35. The molecule has 1 unspecified atom stereocenters. The summed E-state index contributed by atoms with van der Waals surface area (Å²) in [7, 11) is 1.37. The monoisotopic (exact) mass is 366 g/mol. The van der Waals surface area contributed by atoms with Crippen molar-refractivity contribution in [3.8, 4) is 0 Å². The van der Waals surface area contributed by atoms with E-state index >= 15 is 0 Å². The zero-order valence-electron chi connectivity index (χ0n) is 16.1. The van der Waals surface area contributed by atoms with Gasteiger partial charge in [-0.1, -0.05) is 37.3 Å². The average molecular weight is 366 g/mol. The van der Waals surface area contributed by atoms with E-state index in [4.69, 9.17) is 4.74 Å². The predicted octanol–water partition coefficient (Wildman–Crippen LogP) is 3.27. The van der Waals surface area contributed by atoms with Crippen molar-refractivity contribution in [2.24, 2.45) is 0 Å². The third-order valence-electron chi connectivity index (χ3n) is 5.21. The molecule has 0 saturated carbocycles. The molecule has 2 aromatic carbocycles. The minimum atomic E-state index is -0.340. The van der Waals surface area contributed by atoms with Crippen molar-refractivity contribution in [2.75, 3.05) is 25.1 Å². The molecule has 1 fully saturated rings. The molecule has 5 nitrogen and oxygen atoms in total. The van der Waals surface area contributed by atoms with Crippen LogP contribution in [0, 0.1) is 0 Å². The van der Waals surface area contributed by atoms with Crippen LogP contribution in [0.5, 0.6) is 0 Å². The molecule has 0 aromatic heterocycles. The standard InChI is InChI=1S/C22H26N2O3/c1-4-18-7-5-6-8-20(18)24-14-13-23(16(2)21(24)25)15-17-9-11-19(12-10-17)22(26)27-3/h5-12,16H,4,13-15H2,1-3H3. The number of para-hydroxylation sites is 1. The highest BCUT2D eigenvalue weighted by Gasteiger charge is 2.32. The van der Waals surface area contributed by atoms with Crippen molar-refractivity contribution in [3.05, 3.63) is 65.2 Å². The Balaban J connectivity index is 1.70. The molecule has 2 aromatic rings. The summed E-state index contributed by atoms with van der Waals surface area (Å²) in [5.74, 6) is -0.207. The van der Waals surface area contributed by atoms with E-state index in [1.165, 1.54) is 12.7 Å². The van der Waals surface area contributed by atoms with Crippen molar-refractivity contribution in [2.45, 2.75) is 32.9 Å². The fourth-order valence-electron chi connectivity index (χ4n) is 3.54. The van der Waals surface area contributed by atoms with Crippen LogP contribution in [0.2, 0.25) is 0 Å². The number of esters is 1. The van der Waals surface area contributed by atoms with Gasteiger partial charge in [-0.15, -0.1) is 0 Å². The van der Waals surface area contributed by atoms with Gasteiger partial charge in [-0.25, -0.2) is 4.79 Å². The minimum Gasteiger partial charge on any atom is -0.465 e. The molecule has 0 radical (unpaired) electrons. The van der Waals surface area contributed by atoms with Crippen LogP contribution in [0.4, 0.5) is 5.69 Å². The molecule has 1 aliphatic rings. The first-order valence-electron chi connectivity index (χ1n) is 9.35. The van der Waals surface area contributed by atoms with Gasteiger partial charge in [0, 0.05) is 25.3 Å². The average Bonchev–Trinajstić information content (AvgIpc) is 2.71. The lowest BCUT2D eigenvalue weighted by Crippen LogP contribution is -2.55. The predicted molar refractivity (Wildman–Crippen MR) is 106 cm³/mol. The number of rotatable bonds is 5. The molecule has 1 aliphatic heterocycles. The van der Waals surface area contributed by atoms with Gasteiger partial charge >= 0.3 is 5.97 Å². The van der Waals surface area contributed by atoms with E-state index in [9.17, 15) is 9.59 Å². The van der Waals surface area contributed by atoms with Gasteiger partial charge in [0.15, 0.2) is 0 Å². The molecule has 27 heavy (non-hydrogen) atoms. The van der Waals surface area contributed by atoms with Crippen LogP contribution < -0.4 is 4.90 Å². The van der Waals surface area contributed by atoms with Crippen molar-refractivity contribution in [1.82, 2.24) is 4.90 Å². The van der Waals surface area contributed by atoms with E-state index < -0.39 is 0 Å². The van der Waals surface area contributed by atoms with Gasteiger partial charge in [-0.3, -0.25) is 9.69 Å². The summed E-state index contributed by atoms with van der Waals surface area (Å²) >= 11 is 0. The number of anilines is 1. The van der Waals surface area contributed by atoms with E-state index in [-0.39, 0.29) is 17.9 Å². The quantitative estimate of drug-likeness (QED) is 0.762. The SMILES string of the molecule is CCc1ccccc1N1CCN(Cc2ccc(C(=O)OC)cc2)C(C)C1=O. The number of carbonyl (C=O) groups excluding carboxylic acids is 2. The molecule has 1 saturated heterocycles. The maximum Gasteiger partial charge on any atom is 0.337 e. The van der Waals surface area contributed by atoms with Gasteiger partial charge in [0.05, 0.1) is 18.7 Å². The Kier molecular flexibility index (Phi) is 5.91. The summed E-state index contributed by atoms with van der Waals surface area (Å²) in [5.41, 5.74) is 3.83.